The number of anilines is 1. The van der Waals surface area contributed by atoms with Crippen molar-refractivity contribution in [2.45, 2.75) is 33.1 Å². The van der Waals surface area contributed by atoms with Crippen LogP contribution < -0.4 is 5.32 Å². The van der Waals surface area contributed by atoms with E-state index in [0.29, 0.717) is 5.33 Å². The van der Waals surface area contributed by atoms with Gasteiger partial charge in [-0.25, -0.2) is 0 Å². The van der Waals surface area contributed by atoms with Gasteiger partial charge in [0, 0.05) is 5.69 Å². The minimum Gasteiger partial charge on any atom is -0.325 e. The molecule has 0 saturated carbocycles. The number of hydrogen-bond acceptors (Lipinski definition) is 1. The molecule has 1 rings (SSSR count). The average molecular weight is 284 g/mol. The monoisotopic (exact) mass is 283 g/mol. The Morgan fingerprint density at radius 3 is 2.44 bits per heavy atom. The summed E-state index contributed by atoms with van der Waals surface area (Å²) in [5, 5.41) is 3.18. The first kappa shape index (κ1) is 13.2. The zero-order valence-electron chi connectivity index (χ0n) is 10.2. The fourth-order valence-corrected chi connectivity index (χ4v) is 1.59. The topological polar surface area (TPSA) is 29.1 Å². The van der Waals surface area contributed by atoms with E-state index in [1.807, 2.05) is 13.0 Å². The van der Waals surface area contributed by atoms with Gasteiger partial charge in [0.05, 0.1) is 5.33 Å². The predicted octanol–water partition coefficient (Wildman–Crippen LogP) is 3.63. The molecule has 88 valence electrons. The van der Waals surface area contributed by atoms with Gasteiger partial charge in [0.1, 0.15) is 0 Å². The third-order valence-electron chi connectivity index (χ3n) is 2.49. The number of hydrogen-bond donors (Lipinski definition) is 1. The molecule has 0 saturated heterocycles. The Kier molecular flexibility index (Phi) is 4.14. The van der Waals surface area contributed by atoms with E-state index in [1.165, 1.54) is 5.56 Å². The molecule has 0 fully saturated rings. The molecular weight excluding hydrogens is 266 g/mol. The van der Waals surface area contributed by atoms with Gasteiger partial charge in [-0.05, 0) is 29.5 Å². The van der Waals surface area contributed by atoms with Gasteiger partial charge in [0.2, 0.25) is 5.91 Å². The molecule has 0 unspecified atom stereocenters. The molecule has 0 heterocycles. The van der Waals surface area contributed by atoms with Gasteiger partial charge in [-0.1, -0.05) is 48.8 Å². The molecule has 0 atom stereocenters. The molecule has 0 aliphatic rings. The maximum absolute atomic E-state index is 11.3. The largest absolute Gasteiger partial charge is 0.325 e. The van der Waals surface area contributed by atoms with Crippen LogP contribution in [0.4, 0.5) is 5.69 Å². The lowest BCUT2D eigenvalue weighted by Gasteiger charge is -2.20. The van der Waals surface area contributed by atoms with E-state index in [0.717, 1.165) is 11.3 Å². The van der Waals surface area contributed by atoms with Crippen molar-refractivity contribution in [2.24, 2.45) is 0 Å². The number of aryl methyl sites for hydroxylation is 1. The molecule has 0 spiro atoms. The quantitative estimate of drug-likeness (QED) is 0.826. The smallest absolute Gasteiger partial charge is 0.235 e. The van der Waals surface area contributed by atoms with Gasteiger partial charge < -0.3 is 5.32 Å². The maximum Gasteiger partial charge on any atom is 0.235 e. The Labute approximate surface area is 106 Å². The number of rotatable bonds is 2. The third kappa shape index (κ3) is 3.34. The minimum absolute atomic E-state index is 0.0217. The molecule has 1 aromatic rings. The second-order valence-electron chi connectivity index (χ2n) is 4.96. The van der Waals surface area contributed by atoms with Crippen molar-refractivity contribution in [3.8, 4) is 0 Å². The van der Waals surface area contributed by atoms with E-state index in [9.17, 15) is 4.79 Å². The van der Waals surface area contributed by atoms with Crippen LogP contribution in [0.25, 0.3) is 0 Å². The Morgan fingerprint density at radius 1 is 1.38 bits per heavy atom. The average Bonchev–Trinajstić information content (AvgIpc) is 2.19. The lowest BCUT2D eigenvalue weighted by molar-refractivity contribution is -0.113. The lowest BCUT2D eigenvalue weighted by Crippen LogP contribution is -2.15. The lowest BCUT2D eigenvalue weighted by atomic mass is 9.86. The zero-order chi connectivity index (χ0) is 12.3. The molecule has 1 amide bonds. The van der Waals surface area contributed by atoms with Gasteiger partial charge in [-0.2, -0.15) is 0 Å². The van der Waals surface area contributed by atoms with Gasteiger partial charge in [-0.15, -0.1) is 0 Å². The van der Waals surface area contributed by atoms with Crippen molar-refractivity contribution >= 4 is 27.5 Å². The highest BCUT2D eigenvalue weighted by atomic mass is 79.9. The summed E-state index contributed by atoms with van der Waals surface area (Å²) in [7, 11) is 0. The molecule has 16 heavy (non-hydrogen) atoms. The molecule has 0 aliphatic carbocycles. The summed E-state index contributed by atoms with van der Waals surface area (Å²) >= 11 is 3.13. The second-order valence-corrected chi connectivity index (χ2v) is 5.52. The molecule has 2 nitrogen and oxygen atoms in total. The number of carbonyl (C=O) groups excluding carboxylic acids is 1. The van der Waals surface area contributed by atoms with Crippen LogP contribution in [0.5, 0.6) is 0 Å². The normalized spacial score (nSPS) is 11.3. The van der Waals surface area contributed by atoms with E-state index < -0.39 is 0 Å². The molecule has 1 N–H and O–H groups in total. The molecule has 0 radical (unpaired) electrons. The summed E-state index contributed by atoms with van der Waals surface area (Å²) in [4.78, 5) is 11.3. The third-order valence-corrected chi connectivity index (χ3v) is 3.00. The molecular formula is C13H18BrNO. The van der Waals surface area contributed by atoms with E-state index in [4.69, 9.17) is 0 Å². The number of amides is 1. The summed E-state index contributed by atoms with van der Waals surface area (Å²) < 4.78 is 0. The summed E-state index contributed by atoms with van der Waals surface area (Å²) in [6.07, 6.45) is 0. The van der Waals surface area contributed by atoms with Crippen molar-refractivity contribution in [2.75, 3.05) is 10.6 Å². The first-order valence-electron chi connectivity index (χ1n) is 5.31. The first-order valence-corrected chi connectivity index (χ1v) is 6.43. The number of carbonyl (C=O) groups is 1. The standard InChI is InChI=1S/C13H18BrNO/c1-9-7-10(13(2,3)4)5-6-11(9)15-12(16)8-14/h5-7H,8H2,1-4H3,(H,15,16). The van der Waals surface area contributed by atoms with Crippen LogP contribution >= 0.6 is 15.9 Å². The van der Waals surface area contributed by atoms with Crippen LogP contribution in [0.1, 0.15) is 31.9 Å². The number of nitrogens with one attached hydrogen (secondary N) is 1. The van der Waals surface area contributed by atoms with Gasteiger partial charge in [0.25, 0.3) is 0 Å². The molecule has 0 aliphatic heterocycles. The van der Waals surface area contributed by atoms with Crippen molar-refractivity contribution in [1.29, 1.82) is 0 Å². The van der Waals surface area contributed by atoms with Crippen LogP contribution in [0.2, 0.25) is 0 Å². The SMILES string of the molecule is Cc1cc(C(C)(C)C)ccc1NC(=O)CBr. The second kappa shape index (κ2) is 5.00. The Morgan fingerprint density at radius 2 is 2.00 bits per heavy atom. The van der Waals surface area contributed by atoms with Crippen LogP contribution in [0, 0.1) is 6.92 Å². The van der Waals surface area contributed by atoms with Gasteiger partial charge in [0.15, 0.2) is 0 Å². The van der Waals surface area contributed by atoms with Crippen molar-refractivity contribution in [1.82, 2.24) is 0 Å². The molecule has 1 aromatic carbocycles. The molecule has 0 bridgehead atoms. The van der Waals surface area contributed by atoms with Crippen LogP contribution in [0.3, 0.4) is 0 Å². The van der Waals surface area contributed by atoms with E-state index >= 15 is 0 Å². The summed E-state index contributed by atoms with van der Waals surface area (Å²) in [5.41, 5.74) is 3.41. The van der Waals surface area contributed by atoms with Gasteiger partial charge >= 0.3 is 0 Å². The number of alkyl halides is 1. The van der Waals surface area contributed by atoms with Crippen molar-refractivity contribution in [3.05, 3.63) is 29.3 Å². The zero-order valence-corrected chi connectivity index (χ0v) is 11.8. The molecule has 0 aromatic heterocycles. The minimum atomic E-state index is -0.0217. The van der Waals surface area contributed by atoms with E-state index in [1.54, 1.807) is 0 Å². The Hall–Kier alpha value is -0.830. The van der Waals surface area contributed by atoms with Gasteiger partial charge in [-0.3, -0.25) is 4.79 Å². The number of benzene rings is 1. The van der Waals surface area contributed by atoms with E-state index in [-0.39, 0.29) is 11.3 Å². The van der Waals surface area contributed by atoms with Crippen LogP contribution in [0.15, 0.2) is 18.2 Å². The Bertz CT molecular complexity index is 393. The fraction of sp³-hybridized carbons (Fsp3) is 0.462. The van der Waals surface area contributed by atoms with E-state index in [2.05, 4.69) is 54.2 Å². The number of halogens is 1. The molecule has 3 heteroatoms. The highest BCUT2D eigenvalue weighted by Crippen LogP contribution is 2.26. The highest BCUT2D eigenvalue weighted by molar-refractivity contribution is 9.09. The first-order chi connectivity index (χ1) is 7.34. The highest BCUT2D eigenvalue weighted by Gasteiger charge is 2.14. The van der Waals surface area contributed by atoms with Crippen LogP contribution in [-0.2, 0) is 10.2 Å². The predicted molar refractivity (Wildman–Crippen MR) is 72.3 cm³/mol. The van der Waals surface area contributed by atoms with Crippen molar-refractivity contribution in [3.63, 3.8) is 0 Å². The fourth-order valence-electron chi connectivity index (χ4n) is 1.45. The Balaban J connectivity index is 2.96. The van der Waals surface area contributed by atoms with Crippen LogP contribution in [-0.4, -0.2) is 11.2 Å². The summed E-state index contributed by atoms with van der Waals surface area (Å²) in [6, 6.07) is 6.16. The summed E-state index contributed by atoms with van der Waals surface area (Å²) in [5.74, 6) is -0.0217. The van der Waals surface area contributed by atoms with Crippen molar-refractivity contribution < 1.29 is 4.79 Å². The summed E-state index contributed by atoms with van der Waals surface area (Å²) in [6.45, 7) is 8.55. The maximum atomic E-state index is 11.3.